The number of benzene rings is 2. The lowest BCUT2D eigenvalue weighted by Gasteiger charge is -2.35. The number of hydrogen-bond donors (Lipinski definition) is 1. The van der Waals surface area contributed by atoms with Crippen molar-refractivity contribution in [2.24, 2.45) is 0 Å². The maximum atomic E-state index is 10.2. The summed E-state index contributed by atoms with van der Waals surface area (Å²) < 4.78 is 5.64. The second-order valence-electron chi connectivity index (χ2n) is 6.72. The molecule has 4 nitrogen and oxygen atoms in total. The Balaban J connectivity index is 1.31. The third-order valence-corrected chi connectivity index (χ3v) is 4.60. The number of aliphatic hydroxyl groups excluding tert-OH is 1. The van der Waals surface area contributed by atoms with Gasteiger partial charge in [0.1, 0.15) is 0 Å². The van der Waals surface area contributed by atoms with Crippen LogP contribution in [0.25, 0.3) is 0 Å². The van der Waals surface area contributed by atoms with E-state index in [4.69, 9.17) is 4.74 Å². The molecule has 0 spiro atoms. The molecule has 1 saturated heterocycles. The van der Waals surface area contributed by atoms with Crippen LogP contribution >= 0.6 is 0 Å². The fourth-order valence-electron chi connectivity index (χ4n) is 3.21. The topological polar surface area (TPSA) is 35.9 Å². The molecule has 0 unspecified atom stereocenters. The van der Waals surface area contributed by atoms with Crippen molar-refractivity contribution in [1.82, 2.24) is 9.80 Å². The quantitative estimate of drug-likeness (QED) is 0.800. The Morgan fingerprint density at radius 1 is 0.800 bits per heavy atom. The summed E-state index contributed by atoms with van der Waals surface area (Å²) in [5.41, 5.74) is 2.51. The van der Waals surface area contributed by atoms with Crippen LogP contribution in [-0.2, 0) is 17.9 Å². The SMILES string of the molecule is O[C@H](COCc1ccccc1)CN1CCN(Cc2ccccc2)CC1. The molecule has 1 atom stereocenters. The van der Waals surface area contributed by atoms with Crippen LogP contribution in [-0.4, -0.2) is 60.3 Å². The Hall–Kier alpha value is -1.72. The molecule has 4 heteroatoms. The normalized spacial score (nSPS) is 17.5. The van der Waals surface area contributed by atoms with Crippen LogP contribution in [0.4, 0.5) is 0 Å². The number of rotatable bonds is 8. The zero-order valence-corrected chi connectivity index (χ0v) is 14.8. The number of ether oxygens (including phenoxy) is 1. The van der Waals surface area contributed by atoms with Crippen molar-refractivity contribution in [1.29, 1.82) is 0 Å². The van der Waals surface area contributed by atoms with E-state index in [2.05, 4.69) is 40.1 Å². The zero-order chi connectivity index (χ0) is 17.3. The minimum absolute atomic E-state index is 0.388. The predicted octanol–water partition coefficient (Wildman–Crippen LogP) is 2.38. The van der Waals surface area contributed by atoms with Crippen molar-refractivity contribution in [2.45, 2.75) is 19.3 Å². The molecule has 2 aromatic carbocycles. The van der Waals surface area contributed by atoms with Gasteiger partial charge in [0.15, 0.2) is 0 Å². The Labute approximate surface area is 150 Å². The Kier molecular flexibility index (Phi) is 7.00. The Morgan fingerprint density at radius 3 is 2.00 bits per heavy atom. The molecule has 1 aliphatic rings. The molecule has 134 valence electrons. The van der Waals surface area contributed by atoms with Crippen molar-refractivity contribution < 1.29 is 9.84 Å². The molecule has 1 fully saturated rings. The fourth-order valence-corrected chi connectivity index (χ4v) is 3.21. The number of piperazine rings is 1. The van der Waals surface area contributed by atoms with Gasteiger partial charge in [0, 0.05) is 39.3 Å². The molecule has 0 bridgehead atoms. The number of aliphatic hydroxyl groups is 1. The van der Waals surface area contributed by atoms with Gasteiger partial charge in [-0.05, 0) is 11.1 Å². The van der Waals surface area contributed by atoms with Crippen LogP contribution in [0.15, 0.2) is 60.7 Å². The first-order valence-corrected chi connectivity index (χ1v) is 9.08. The van der Waals surface area contributed by atoms with E-state index in [1.165, 1.54) is 5.56 Å². The monoisotopic (exact) mass is 340 g/mol. The highest BCUT2D eigenvalue weighted by molar-refractivity contribution is 5.14. The van der Waals surface area contributed by atoms with Gasteiger partial charge >= 0.3 is 0 Å². The smallest absolute Gasteiger partial charge is 0.0900 e. The third kappa shape index (κ3) is 6.25. The first-order chi connectivity index (χ1) is 12.3. The molecule has 1 heterocycles. The molecule has 1 N–H and O–H groups in total. The van der Waals surface area contributed by atoms with Gasteiger partial charge in [0.05, 0.1) is 19.3 Å². The average molecular weight is 340 g/mol. The third-order valence-electron chi connectivity index (χ3n) is 4.60. The van der Waals surface area contributed by atoms with Crippen molar-refractivity contribution in [3.05, 3.63) is 71.8 Å². The van der Waals surface area contributed by atoms with E-state index in [1.807, 2.05) is 30.3 Å². The van der Waals surface area contributed by atoms with Gasteiger partial charge in [-0.2, -0.15) is 0 Å². The van der Waals surface area contributed by atoms with E-state index in [1.54, 1.807) is 0 Å². The summed E-state index contributed by atoms with van der Waals surface area (Å²) >= 11 is 0. The number of hydrogen-bond acceptors (Lipinski definition) is 4. The van der Waals surface area contributed by atoms with Crippen molar-refractivity contribution in [3.8, 4) is 0 Å². The van der Waals surface area contributed by atoms with Crippen molar-refractivity contribution in [3.63, 3.8) is 0 Å². The summed E-state index contributed by atoms with van der Waals surface area (Å²) in [7, 11) is 0. The fraction of sp³-hybridized carbons (Fsp3) is 0.429. The second kappa shape index (κ2) is 9.68. The molecule has 0 aromatic heterocycles. The molecule has 0 aliphatic carbocycles. The molecule has 25 heavy (non-hydrogen) atoms. The second-order valence-corrected chi connectivity index (χ2v) is 6.72. The standard InChI is InChI=1S/C21H28N2O2/c24-21(18-25-17-20-9-5-2-6-10-20)16-23-13-11-22(12-14-23)15-19-7-3-1-4-8-19/h1-10,21,24H,11-18H2/t21-/m0/s1. The minimum Gasteiger partial charge on any atom is -0.389 e. The van der Waals surface area contributed by atoms with Gasteiger partial charge in [0.25, 0.3) is 0 Å². The van der Waals surface area contributed by atoms with E-state index in [-0.39, 0.29) is 0 Å². The van der Waals surface area contributed by atoms with E-state index in [0.717, 1.165) is 38.3 Å². The highest BCUT2D eigenvalue weighted by Crippen LogP contribution is 2.09. The van der Waals surface area contributed by atoms with Gasteiger partial charge < -0.3 is 9.84 Å². The maximum absolute atomic E-state index is 10.2. The van der Waals surface area contributed by atoms with Gasteiger partial charge in [-0.25, -0.2) is 0 Å². The summed E-state index contributed by atoms with van der Waals surface area (Å²) in [6, 6.07) is 20.7. The molecule has 0 radical (unpaired) electrons. The van der Waals surface area contributed by atoms with Crippen LogP contribution in [0.1, 0.15) is 11.1 Å². The largest absolute Gasteiger partial charge is 0.389 e. The molecule has 2 aromatic rings. The summed E-state index contributed by atoms with van der Waals surface area (Å²) in [4.78, 5) is 4.81. The summed E-state index contributed by atoms with van der Waals surface area (Å²) in [6.07, 6.45) is -0.426. The Bertz CT molecular complexity index is 598. The van der Waals surface area contributed by atoms with E-state index >= 15 is 0 Å². The molecule has 1 aliphatic heterocycles. The van der Waals surface area contributed by atoms with Gasteiger partial charge in [-0.1, -0.05) is 60.7 Å². The molecule has 0 saturated carbocycles. The molecular formula is C21H28N2O2. The molecular weight excluding hydrogens is 312 g/mol. The van der Waals surface area contributed by atoms with Crippen LogP contribution in [0.5, 0.6) is 0 Å². The maximum Gasteiger partial charge on any atom is 0.0900 e. The van der Waals surface area contributed by atoms with Gasteiger partial charge in [-0.3, -0.25) is 9.80 Å². The lowest BCUT2D eigenvalue weighted by Crippen LogP contribution is -2.48. The predicted molar refractivity (Wildman–Crippen MR) is 100 cm³/mol. The van der Waals surface area contributed by atoms with Crippen LogP contribution in [0.3, 0.4) is 0 Å². The molecule has 0 amide bonds. The highest BCUT2D eigenvalue weighted by Gasteiger charge is 2.19. The van der Waals surface area contributed by atoms with Gasteiger partial charge in [0.2, 0.25) is 0 Å². The van der Waals surface area contributed by atoms with Crippen LogP contribution < -0.4 is 0 Å². The summed E-state index contributed by atoms with van der Waals surface area (Å²) in [5.74, 6) is 0. The van der Waals surface area contributed by atoms with Crippen molar-refractivity contribution in [2.75, 3.05) is 39.3 Å². The zero-order valence-electron chi connectivity index (χ0n) is 14.8. The minimum atomic E-state index is -0.426. The highest BCUT2D eigenvalue weighted by atomic mass is 16.5. The average Bonchev–Trinajstić information content (AvgIpc) is 2.65. The van der Waals surface area contributed by atoms with E-state index in [0.29, 0.717) is 19.8 Å². The summed E-state index contributed by atoms with van der Waals surface area (Å²) in [5, 5.41) is 10.2. The first-order valence-electron chi connectivity index (χ1n) is 9.08. The van der Waals surface area contributed by atoms with Gasteiger partial charge in [-0.15, -0.1) is 0 Å². The Morgan fingerprint density at radius 2 is 1.36 bits per heavy atom. The van der Waals surface area contributed by atoms with Crippen LogP contribution in [0, 0.1) is 0 Å². The van der Waals surface area contributed by atoms with E-state index < -0.39 is 6.10 Å². The lowest BCUT2D eigenvalue weighted by atomic mass is 10.2. The summed E-state index contributed by atoms with van der Waals surface area (Å²) in [6.45, 7) is 6.75. The van der Waals surface area contributed by atoms with E-state index in [9.17, 15) is 5.11 Å². The number of nitrogens with zero attached hydrogens (tertiary/aromatic N) is 2. The lowest BCUT2D eigenvalue weighted by molar-refractivity contribution is 0.000878. The van der Waals surface area contributed by atoms with Crippen molar-refractivity contribution >= 4 is 0 Å². The van der Waals surface area contributed by atoms with Crippen LogP contribution in [0.2, 0.25) is 0 Å². The number of β-amino-alcohol motifs (C(OH)–C–C–N with tert-alkyl or cyclic N) is 1. The first kappa shape index (κ1) is 18.1. The molecule has 3 rings (SSSR count).